The molecule has 1 fully saturated rings. The van der Waals surface area contributed by atoms with E-state index in [-0.39, 0.29) is 17.9 Å². The Morgan fingerprint density at radius 1 is 0.727 bits per heavy atom. The Morgan fingerprint density at radius 3 is 1.97 bits per heavy atom. The Bertz CT molecular complexity index is 1140. The van der Waals surface area contributed by atoms with E-state index >= 15 is 0 Å². The fourth-order valence-electron chi connectivity index (χ4n) is 3.79. The van der Waals surface area contributed by atoms with E-state index in [0.717, 1.165) is 11.1 Å². The highest BCUT2D eigenvalue weighted by molar-refractivity contribution is 6.03. The maximum absolute atomic E-state index is 13.9. The van der Waals surface area contributed by atoms with Crippen LogP contribution in [0.2, 0.25) is 0 Å². The van der Waals surface area contributed by atoms with Crippen LogP contribution in [0.5, 0.6) is 0 Å². The van der Waals surface area contributed by atoms with E-state index in [1.54, 1.807) is 23.1 Å². The van der Waals surface area contributed by atoms with E-state index in [9.17, 15) is 18.8 Å². The fourth-order valence-corrected chi connectivity index (χ4v) is 3.79. The molecule has 7 heteroatoms. The smallest absolute Gasteiger partial charge is 0.256 e. The third-order valence-electron chi connectivity index (χ3n) is 5.61. The van der Waals surface area contributed by atoms with Crippen LogP contribution in [0, 0.1) is 5.82 Å². The molecule has 0 radical (unpaired) electrons. The minimum Gasteiger partial charge on any atom is -0.339 e. The Labute approximate surface area is 191 Å². The van der Waals surface area contributed by atoms with Crippen LogP contribution in [0.25, 0.3) is 11.1 Å². The predicted octanol–water partition coefficient (Wildman–Crippen LogP) is 3.81. The molecule has 0 unspecified atom stereocenters. The van der Waals surface area contributed by atoms with Crippen LogP contribution in [0.4, 0.5) is 10.1 Å². The van der Waals surface area contributed by atoms with Crippen molar-refractivity contribution in [2.75, 3.05) is 31.5 Å². The van der Waals surface area contributed by atoms with Gasteiger partial charge in [-0.1, -0.05) is 54.6 Å². The molecular weight excluding hydrogens is 421 g/mol. The molecule has 1 aliphatic rings. The molecule has 168 valence electrons. The first-order chi connectivity index (χ1) is 16.0. The van der Waals surface area contributed by atoms with Gasteiger partial charge in [-0.3, -0.25) is 14.4 Å². The summed E-state index contributed by atoms with van der Waals surface area (Å²) in [5, 5.41) is 2.75. The van der Waals surface area contributed by atoms with Gasteiger partial charge < -0.3 is 15.1 Å². The average Bonchev–Trinajstić information content (AvgIpc) is 2.85. The number of benzene rings is 3. The van der Waals surface area contributed by atoms with Gasteiger partial charge in [0.05, 0.1) is 5.56 Å². The number of hydrogen-bond donors (Lipinski definition) is 1. The van der Waals surface area contributed by atoms with Gasteiger partial charge in [-0.2, -0.15) is 0 Å². The molecule has 33 heavy (non-hydrogen) atoms. The van der Waals surface area contributed by atoms with Crippen molar-refractivity contribution in [1.82, 2.24) is 9.80 Å². The Hall–Kier alpha value is -4.00. The summed E-state index contributed by atoms with van der Waals surface area (Å²) < 4.78 is 13.9. The van der Waals surface area contributed by atoms with Crippen LogP contribution in [-0.2, 0) is 9.59 Å². The number of hydrogen-bond acceptors (Lipinski definition) is 3. The second kappa shape index (κ2) is 10.1. The lowest BCUT2D eigenvalue weighted by molar-refractivity contribution is -0.135. The standard InChI is InChI=1S/C26H24FN3O3/c27-23-9-5-4-8-22(23)26(33)30-16-14-29(15-17-30)25(32)18-24(31)28-21-12-10-20(11-13-21)19-6-2-1-3-7-19/h1-13H,14-18H2,(H,28,31). The first-order valence-corrected chi connectivity index (χ1v) is 10.8. The number of carbonyl (C=O) groups excluding carboxylic acids is 3. The molecule has 0 aromatic heterocycles. The lowest BCUT2D eigenvalue weighted by Gasteiger charge is -2.34. The van der Waals surface area contributed by atoms with Crippen molar-refractivity contribution in [3.05, 3.63) is 90.2 Å². The van der Waals surface area contributed by atoms with E-state index in [2.05, 4.69) is 5.32 Å². The van der Waals surface area contributed by atoms with Gasteiger partial charge in [-0.05, 0) is 35.4 Å². The number of amides is 3. The van der Waals surface area contributed by atoms with E-state index < -0.39 is 17.6 Å². The van der Waals surface area contributed by atoms with Crippen molar-refractivity contribution in [2.24, 2.45) is 0 Å². The summed E-state index contributed by atoms with van der Waals surface area (Å²) in [6.45, 7) is 1.19. The van der Waals surface area contributed by atoms with Crippen molar-refractivity contribution in [2.45, 2.75) is 6.42 Å². The Morgan fingerprint density at radius 2 is 1.30 bits per heavy atom. The van der Waals surface area contributed by atoms with Crippen LogP contribution in [0.3, 0.4) is 0 Å². The highest BCUT2D eigenvalue weighted by Gasteiger charge is 2.27. The molecule has 1 heterocycles. The molecule has 0 spiro atoms. The van der Waals surface area contributed by atoms with Gasteiger partial charge in [-0.25, -0.2) is 4.39 Å². The van der Waals surface area contributed by atoms with Crippen LogP contribution >= 0.6 is 0 Å². The number of nitrogens with zero attached hydrogens (tertiary/aromatic N) is 2. The number of halogens is 1. The summed E-state index contributed by atoms with van der Waals surface area (Å²) in [6.07, 6.45) is -0.276. The SMILES string of the molecule is O=C(CC(=O)N1CCN(C(=O)c2ccccc2F)CC1)Nc1ccc(-c2ccccc2)cc1. The molecule has 0 bridgehead atoms. The number of nitrogens with one attached hydrogen (secondary N) is 1. The van der Waals surface area contributed by atoms with Crippen LogP contribution in [-0.4, -0.2) is 53.7 Å². The molecule has 3 aromatic rings. The molecule has 0 saturated carbocycles. The third-order valence-corrected chi connectivity index (χ3v) is 5.61. The average molecular weight is 445 g/mol. The summed E-state index contributed by atoms with van der Waals surface area (Å²) >= 11 is 0. The van der Waals surface area contributed by atoms with Gasteiger partial charge in [0.1, 0.15) is 12.2 Å². The number of anilines is 1. The highest BCUT2D eigenvalue weighted by Crippen LogP contribution is 2.21. The van der Waals surface area contributed by atoms with Gasteiger partial charge in [0, 0.05) is 31.9 Å². The summed E-state index contributed by atoms with van der Waals surface area (Å²) in [6, 6.07) is 23.2. The predicted molar refractivity (Wildman–Crippen MR) is 124 cm³/mol. The molecule has 1 aliphatic heterocycles. The van der Waals surface area contributed by atoms with Crippen LogP contribution < -0.4 is 5.32 Å². The summed E-state index contributed by atoms with van der Waals surface area (Å²) in [7, 11) is 0. The van der Waals surface area contributed by atoms with E-state index in [1.807, 2.05) is 42.5 Å². The van der Waals surface area contributed by atoms with Gasteiger partial charge in [0.25, 0.3) is 5.91 Å². The molecule has 3 aromatic carbocycles. The quantitative estimate of drug-likeness (QED) is 0.608. The molecule has 1 saturated heterocycles. The Balaban J connectivity index is 1.26. The maximum Gasteiger partial charge on any atom is 0.256 e. The number of piperazine rings is 1. The Kier molecular flexibility index (Phi) is 6.78. The first kappa shape index (κ1) is 22.2. The van der Waals surface area contributed by atoms with Crippen molar-refractivity contribution in [1.29, 1.82) is 0 Å². The number of rotatable bonds is 5. The lowest BCUT2D eigenvalue weighted by atomic mass is 10.1. The second-order valence-electron chi connectivity index (χ2n) is 7.82. The van der Waals surface area contributed by atoms with E-state index in [0.29, 0.717) is 31.9 Å². The van der Waals surface area contributed by atoms with Crippen LogP contribution in [0.15, 0.2) is 78.9 Å². The normalized spacial score (nSPS) is 13.5. The molecular formula is C26H24FN3O3. The molecule has 0 aliphatic carbocycles. The maximum atomic E-state index is 13.9. The van der Waals surface area contributed by atoms with Gasteiger partial charge in [0.15, 0.2) is 0 Å². The zero-order valence-corrected chi connectivity index (χ0v) is 18.0. The van der Waals surface area contributed by atoms with Gasteiger partial charge in [0.2, 0.25) is 11.8 Å². The largest absolute Gasteiger partial charge is 0.339 e. The van der Waals surface area contributed by atoms with Crippen LogP contribution in [0.1, 0.15) is 16.8 Å². The molecule has 3 amide bonds. The zero-order valence-electron chi connectivity index (χ0n) is 18.0. The van der Waals surface area contributed by atoms with E-state index in [1.165, 1.54) is 23.1 Å². The summed E-state index contributed by atoms with van der Waals surface area (Å²) in [4.78, 5) is 40.5. The second-order valence-corrected chi connectivity index (χ2v) is 7.82. The van der Waals surface area contributed by atoms with Gasteiger partial charge >= 0.3 is 0 Å². The van der Waals surface area contributed by atoms with Crippen molar-refractivity contribution < 1.29 is 18.8 Å². The molecule has 0 atom stereocenters. The zero-order chi connectivity index (χ0) is 23.2. The number of carbonyl (C=O) groups is 3. The molecule has 4 rings (SSSR count). The van der Waals surface area contributed by atoms with Crippen molar-refractivity contribution >= 4 is 23.4 Å². The topological polar surface area (TPSA) is 69.7 Å². The summed E-state index contributed by atoms with van der Waals surface area (Å²) in [5.41, 5.74) is 2.76. The minimum atomic E-state index is -0.561. The van der Waals surface area contributed by atoms with E-state index in [4.69, 9.17) is 0 Å². The monoisotopic (exact) mass is 445 g/mol. The first-order valence-electron chi connectivity index (χ1n) is 10.8. The van der Waals surface area contributed by atoms with Gasteiger partial charge in [-0.15, -0.1) is 0 Å². The molecule has 6 nitrogen and oxygen atoms in total. The molecule has 1 N–H and O–H groups in total. The minimum absolute atomic E-state index is 0.0231. The fraction of sp³-hybridized carbons (Fsp3) is 0.192. The highest BCUT2D eigenvalue weighted by atomic mass is 19.1. The van der Waals surface area contributed by atoms with Crippen molar-refractivity contribution in [3.63, 3.8) is 0 Å². The third kappa shape index (κ3) is 5.44. The lowest BCUT2D eigenvalue weighted by Crippen LogP contribution is -2.51. The van der Waals surface area contributed by atoms with Crippen molar-refractivity contribution in [3.8, 4) is 11.1 Å². The summed E-state index contributed by atoms with van der Waals surface area (Å²) in [5.74, 6) is -1.64.